The molecule has 6 heteroatoms. The van der Waals surface area contributed by atoms with Gasteiger partial charge in [0, 0.05) is 10.9 Å². The number of alkyl halides is 3. The molecule has 0 unspecified atom stereocenters. The van der Waals surface area contributed by atoms with Gasteiger partial charge in [0.25, 0.3) is 6.43 Å². The first-order valence-corrected chi connectivity index (χ1v) is 5.11. The number of nitrogens with zero attached hydrogens (tertiary/aromatic N) is 2. The van der Waals surface area contributed by atoms with Gasteiger partial charge in [0.05, 0.1) is 18.2 Å². The molecule has 1 aromatic heterocycles. The second kappa shape index (κ2) is 5.12. The van der Waals surface area contributed by atoms with Crippen molar-refractivity contribution in [1.82, 2.24) is 4.98 Å². The molecule has 0 spiro atoms. The van der Waals surface area contributed by atoms with Gasteiger partial charge in [-0.25, -0.2) is 13.2 Å². The van der Waals surface area contributed by atoms with E-state index in [0.717, 1.165) is 6.07 Å². The molecule has 0 bridgehead atoms. The molecule has 1 aromatic rings. The van der Waals surface area contributed by atoms with Gasteiger partial charge in [0.1, 0.15) is 11.5 Å². The summed E-state index contributed by atoms with van der Waals surface area (Å²) >= 11 is 3.00. The van der Waals surface area contributed by atoms with E-state index in [4.69, 9.17) is 5.26 Å². The van der Waals surface area contributed by atoms with Gasteiger partial charge < -0.3 is 0 Å². The minimum atomic E-state index is -2.87. The van der Waals surface area contributed by atoms with Gasteiger partial charge in [0.2, 0.25) is 0 Å². The van der Waals surface area contributed by atoms with E-state index in [1.54, 1.807) is 6.07 Å². The van der Waals surface area contributed by atoms with Crippen molar-refractivity contribution in [3.63, 3.8) is 0 Å². The highest BCUT2D eigenvalue weighted by atomic mass is 79.9. The summed E-state index contributed by atoms with van der Waals surface area (Å²) in [6, 6.07) is 2.68. The van der Waals surface area contributed by atoms with Gasteiger partial charge in [-0.15, -0.1) is 0 Å². The number of hydrogen-bond acceptors (Lipinski definition) is 2. The predicted molar refractivity (Wildman–Crippen MR) is 51.1 cm³/mol. The number of aromatic nitrogens is 1. The lowest BCUT2D eigenvalue weighted by molar-refractivity contribution is 0.144. The Kier molecular flexibility index (Phi) is 4.09. The van der Waals surface area contributed by atoms with Crippen molar-refractivity contribution < 1.29 is 13.2 Å². The second-order valence-electron chi connectivity index (χ2n) is 2.73. The summed E-state index contributed by atoms with van der Waals surface area (Å²) in [5, 5.41) is 8.57. The van der Waals surface area contributed by atoms with Crippen molar-refractivity contribution >= 4 is 15.9 Å². The molecule has 1 rings (SSSR count). The van der Waals surface area contributed by atoms with Crippen molar-refractivity contribution in [1.29, 1.82) is 5.26 Å². The third-order valence-corrected chi connectivity index (χ3v) is 2.33. The molecule has 0 radical (unpaired) electrons. The van der Waals surface area contributed by atoms with Gasteiger partial charge in [0.15, 0.2) is 0 Å². The average Bonchev–Trinajstić information content (AvgIpc) is 2.20. The first-order valence-electron chi connectivity index (χ1n) is 3.99. The van der Waals surface area contributed by atoms with Gasteiger partial charge >= 0.3 is 0 Å². The van der Waals surface area contributed by atoms with E-state index in [-0.39, 0.29) is 16.6 Å². The fraction of sp³-hybridized carbons (Fsp3) is 0.333. The Morgan fingerprint density at radius 1 is 1.53 bits per heavy atom. The molecule has 0 aromatic carbocycles. The largest absolute Gasteiger partial charge is 0.280 e. The maximum atomic E-state index is 13.3. The molecule has 0 aliphatic heterocycles. The third kappa shape index (κ3) is 2.69. The molecule has 0 saturated carbocycles. The molecular formula is C9H6BrF3N2. The van der Waals surface area contributed by atoms with E-state index in [0.29, 0.717) is 0 Å². The Morgan fingerprint density at radius 3 is 2.67 bits per heavy atom. The topological polar surface area (TPSA) is 36.7 Å². The summed E-state index contributed by atoms with van der Waals surface area (Å²) in [5.74, 6) is -0.809. The van der Waals surface area contributed by atoms with Crippen molar-refractivity contribution in [2.75, 3.05) is 0 Å². The van der Waals surface area contributed by atoms with E-state index >= 15 is 0 Å². The molecule has 0 aliphatic carbocycles. The highest BCUT2D eigenvalue weighted by Crippen LogP contribution is 2.24. The lowest BCUT2D eigenvalue weighted by atomic mass is 10.1. The lowest BCUT2D eigenvalue weighted by Crippen LogP contribution is -2.04. The van der Waals surface area contributed by atoms with Crippen LogP contribution in [-0.2, 0) is 11.8 Å². The van der Waals surface area contributed by atoms with E-state index in [2.05, 4.69) is 20.9 Å². The maximum Gasteiger partial charge on any atom is 0.280 e. The van der Waals surface area contributed by atoms with Crippen LogP contribution in [0.1, 0.15) is 23.4 Å². The van der Waals surface area contributed by atoms with Gasteiger partial charge in [-0.1, -0.05) is 15.9 Å². The fourth-order valence-electron chi connectivity index (χ4n) is 1.11. The Balaban J connectivity index is 3.30. The molecule has 0 N–H and O–H groups in total. The van der Waals surface area contributed by atoms with Crippen molar-refractivity contribution in [2.45, 2.75) is 18.2 Å². The van der Waals surface area contributed by atoms with Gasteiger partial charge in [-0.3, -0.25) is 4.98 Å². The van der Waals surface area contributed by atoms with Gasteiger partial charge in [-0.05, 0) is 6.07 Å². The van der Waals surface area contributed by atoms with Crippen molar-refractivity contribution in [3.8, 4) is 6.07 Å². The minimum absolute atomic E-state index is 0.185. The number of nitriles is 1. The summed E-state index contributed by atoms with van der Waals surface area (Å²) in [6.45, 7) is 0. The molecule has 15 heavy (non-hydrogen) atoms. The van der Waals surface area contributed by atoms with Crippen LogP contribution in [0, 0.1) is 17.1 Å². The standard InChI is InChI=1S/C9H6BrF3N2/c10-4-5-3-7(11)6(1-2-14)8(15-5)9(12)13/h3,9H,1,4H2. The summed E-state index contributed by atoms with van der Waals surface area (Å²) in [6.07, 6.45) is -3.28. The van der Waals surface area contributed by atoms with Gasteiger partial charge in [-0.2, -0.15) is 5.26 Å². The van der Waals surface area contributed by atoms with Crippen molar-refractivity contribution in [3.05, 3.63) is 28.8 Å². The average molecular weight is 279 g/mol. The smallest absolute Gasteiger partial charge is 0.250 e. The lowest BCUT2D eigenvalue weighted by Gasteiger charge is -2.08. The molecule has 1 heterocycles. The van der Waals surface area contributed by atoms with E-state index in [1.807, 2.05) is 0 Å². The zero-order valence-electron chi connectivity index (χ0n) is 7.48. The van der Waals surface area contributed by atoms with Crippen LogP contribution in [0.4, 0.5) is 13.2 Å². The van der Waals surface area contributed by atoms with Crippen LogP contribution < -0.4 is 0 Å². The highest BCUT2D eigenvalue weighted by molar-refractivity contribution is 9.08. The Labute approximate surface area is 92.9 Å². The zero-order chi connectivity index (χ0) is 11.4. The highest BCUT2D eigenvalue weighted by Gasteiger charge is 2.19. The van der Waals surface area contributed by atoms with Crippen LogP contribution in [0.15, 0.2) is 6.07 Å². The van der Waals surface area contributed by atoms with Crippen LogP contribution in [-0.4, -0.2) is 4.98 Å². The number of rotatable bonds is 3. The summed E-state index contributed by atoms with van der Waals surface area (Å²) in [7, 11) is 0. The minimum Gasteiger partial charge on any atom is -0.250 e. The van der Waals surface area contributed by atoms with E-state index < -0.39 is 24.4 Å². The fourth-order valence-corrected chi connectivity index (χ4v) is 1.40. The molecule has 0 fully saturated rings. The first-order chi connectivity index (χ1) is 7.10. The molecule has 0 atom stereocenters. The summed E-state index contributed by atoms with van der Waals surface area (Å²) in [5.41, 5.74) is -0.785. The zero-order valence-corrected chi connectivity index (χ0v) is 9.06. The number of halogens is 4. The molecular weight excluding hydrogens is 273 g/mol. The quantitative estimate of drug-likeness (QED) is 0.797. The summed E-state index contributed by atoms with van der Waals surface area (Å²) in [4.78, 5) is 3.58. The molecule has 2 nitrogen and oxygen atoms in total. The third-order valence-electron chi connectivity index (χ3n) is 1.75. The first kappa shape index (κ1) is 12.0. The summed E-state index contributed by atoms with van der Waals surface area (Å²) < 4.78 is 38.3. The number of pyridine rings is 1. The van der Waals surface area contributed by atoms with Crippen LogP contribution in [0.25, 0.3) is 0 Å². The normalized spacial score (nSPS) is 10.4. The molecule has 0 amide bonds. The van der Waals surface area contributed by atoms with Crippen LogP contribution in [0.2, 0.25) is 0 Å². The van der Waals surface area contributed by atoms with Crippen LogP contribution in [0.5, 0.6) is 0 Å². The van der Waals surface area contributed by atoms with Crippen molar-refractivity contribution in [2.24, 2.45) is 0 Å². The molecule has 0 saturated heterocycles. The second-order valence-corrected chi connectivity index (χ2v) is 3.29. The van der Waals surface area contributed by atoms with Crippen LogP contribution >= 0.6 is 15.9 Å². The predicted octanol–water partition coefficient (Wildman–Crippen LogP) is 3.12. The Hall–Kier alpha value is -1.09. The monoisotopic (exact) mass is 278 g/mol. The number of hydrogen-bond donors (Lipinski definition) is 0. The van der Waals surface area contributed by atoms with E-state index in [1.165, 1.54) is 0 Å². The molecule has 0 aliphatic rings. The SMILES string of the molecule is N#CCc1c(F)cc(CBr)nc1C(F)F. The van der Waals surface area contributed by atoms with Crippen LogP contribution in [0.3, 0.4) is 0 Å². The molecule has 80 valence electrons. The van der Waals surface area contributed by atoms with E-state index in [9.17, 15) is 13.2 Å². The Bertz CT molecular complexity index is 401. The Morgan fingerprint density at radius 2 is 2.20 bits per heavy atom. The maximum absolute atomic E-state index is 13.3.